The van der Waals surface area contributed by atoms with Crippen LogP contribution in [0.4, 0.5) is 10.2 Å². The van der Waals surface area contributed by atoms with Crippen molar-refractivity contribution < 1.29 is 13.9 Å². The summed E-state index contributed by atoms with van der Waals surface area (Å²) in [4.78, 5) is 12.4. The molecule has 0 fully saturated rings. The number of rotatable bonds is 5. The van der Waals surface area contributed by atoms with E-state index in [0.717, 1.165) is 28.5 Å². The zero-order chi connectivity index (χ0) is 17.9. The lowest BCUT2D eigenvalue weighted by Crippen LogP contribution is -2.22. The monoisotopic (exact) mass is 369 g/mol. The Kier molecular flexibility index (Phi) is 4.62. The normalized spacial score (nSPS) is 12.7. The Hall–Kier alpha value is -2.80. The molecule has 0 spiro atoms. The van der Waals surface area contributed by atoms with E-state index in [1.807, 2.05) is 30.3 Å². The minimum atomic E-state index is -0.494. The molecular formula is C19H16FN3O2S. The molecule has 1 aromatic heterocycles. The Morgan fingerprint density at radius 3 is 2.73 bits per heavy atom. The van der Waals surface area contributed by atoms with Gasteiger partial charge in [0, 0.05) is 17.1 Å². The number of carbonyl (C=O) groups excluding carboxylic acids is 1. The highest BCUT2D eigenvalue weighted by Gasteiger charge is 2.24. The number of nitrogens with one attached hydrogen (secondary N) is 1. The maximum absolute atomic E-state index is 13.6. The molecule has 0 radical (unpaired) electrons. The molecule has 1 aliphatic rings. The van der Waals surface area contributed by atoms with Crippen molar-refractivity contribution in [1.29, 1.82) is 0 Å². The minimum Gasteiger partial charge on any atom is -0.481 e. The van der Waals surface area contributed by atoms with Crippen molar-refractivity contribution in [2.45, 2.75) is 11.5 Å². The van der Waals surface area contributed by atoms with Crippen LogP contribution in [-0.2, 0) is 16.3 Å². The van der Waals surface area contributed by atoms with E-state index in [2.05, 4.69) is 10.4 Å². The van der Waals surface area contributed by atoms with Crippen LogP contribution in [0, 0.1) is 5.82 Å². The van der Waals surface area contributed by atoms with Crippen LogP contribution < -0.4 is 10.1 Å². The van der Waals surface area contributed by atoms with Gasteiger partial charge < -0.3 is 10.1 Å². The number of halogens is 1. The predicted molar refractivity (Wildman–Crippen MR) is 99.1 cm³/mol. The van der Waals surface area contributed by atoms with Crippen LogP contribution in [0.15, 0.2) is 54.6 Å². The molecule has 0 bridgehead atoms. The first-order chi connectivity index (χ1) is 12.7. The van der Waals surface area contributed by atoms with E-state index in [1.54, 1.807) is 28.6 Å². The summed E-state index contributed by atoms with van der Waals surface area (Å²) < 4.78 is 20.6. The fourth-order valence-electron chi connectivity index (χ4n) is 2.77. The maximum atomic E-state index is 13.6. The maximum Gasteiger partial charge on any atom is 0.263 e. The number of anilines is 1. The van der Waals surface area contributed by atoms with Gasteiger partial charge in [0.2, 0.25) is 0 Å². The van der Waals surface area contributed by atoms with Gasteiger partial charge in [-0.2, -0.15) is 16.9 Å². The zero-order valence-electron chi connectivity index (χ0n) is 13.8. The first-order valence-electron chi connectivity index (χ1n) is 8.13. The molecule has 0 unspecified atom stereocenters. The highest BCUT2D eigenvalue weighted by Crippen LogP contribution is 2.36. The summed E-state index contributed by atoms with van der Waals surface area (Å²) in [6.07, 6.45) is 0. The summed E-state index contributed by atoms with van der Waals surface area (Å²) >= 11 is 1.76. The molecule has 3 aromatic rings. The van der Waals surface area contributed by atoms with Crippen LogP contribution in [0.1, 0.15) is 11.3 Å². The molecule has 1 N–H and O–H groups in total. The average Bonchev–Trinajstić information content (AvgIpc) is 3.24. The Balaban J connectivity index is 1.54. The van der Waals surface area contributed by atoms with Gasteiger partial charge in [-0.25, -0.2) is 9.07 Å². The molecular weight excluding hydrogens is 353 g/mol. The van der Waals surface area contributed by atoms with Gasteiger partial charge in [-0.3, -0.25) is 4.79 Å². The summed E-state index contributed by atoms with van der Waals surface area (Å²) in [5.74, 6) is 1.48. The first-order valence-corrected chi connectivity index (χ1v) is 9.29. The van der Waals surface area contributed by atoms with Gasteiger partial charge in [0.25, 0.3) is 5.91 Å². The lowest BCUT2D eigenvalue weighted by atomic mass is 10.2. The van der Waals surface area contributed by atoms with Gasteiger partial charge in [-0.1, -0.05) is 30.3 Å². The molecule has 0 saturated heterocycles. The fraction of sp³-hybridized carbons (Fsp3) is 0.158. The van der Waals surface area contributed by atoms with Gasteiger partial charge in [0.05, 0.1) is 11.4 Å². The Labute approximate surface area is 154 Å². The van der Waals surface area contributed by atoms with Crippen molar-refractivity contribution in [3.63, 3.8) is 0 Å². The molecule has 4 rings (SSSR count). The number of nitrogens with zero attached hydrogens (tertiary/aromatic N) is 2. The van der Waals surface area contributed by atoms with Crippen LogP contribution in [0.2, 0.25) is 0 Å². The van der Waals surface area contributed by atoms with E-state index in [1.165, 1.54) is 12.1 Å². The van der Waals surface area contributed by atoms with Crippen LogP contribution in [0.25, 0.3) is 5.69 Å². The van der Waals surface area contributed by atoms with Crippen molar-refractivity contribution in [2.24, 2.45) is 0 Å². The molecule has 2 aromatic carbocycles. The van der Waals surface area contributed by atoms with Crippen LogP contribution in [-0.4, -0.2) is 22.3 Å². The van der Waals surface area contributed by atoms with Crippen LogP contribution in [0.5, 0.6) is 5.75 Å². The van der Waals surface area contributed by atoms with Gasteiger partial charge in [0.1, 0.15) is 5.82 Å². The smallest absolute Gasteiger partial charge is 0.263 e. The van der Waals surface area contributed by atoms with Crippen LogP contribution >= 0.6 is 11.8 Å². The van der Waals surface area contributed by atoms with Crippen molar-refractivity contribution in [3.05, 3.63) is 71.7 Å². The standard InChI is InChI=1S/C19H16FN3O2S/c20-15-8-4-5-9-17(15)25-10-18(24)21-19-14-11-26-12-16(14)22-23(19)13-6-2-1-3-7-13/h1-9H,10-12H2,(H,21,24). The summed E-state index contributed by atoms with van der Waals surface area (Å²) in [5.41, 5.74) is 2.87. The number of fused-ring (bicyclic) bond motifs is 1. The molecule has 7 heteroatoms. The van der Waals surface area contributed by atoms with E-state index in [4.69, 9.17) is 4.74 Å². The van der Waals surface area contributed by atoms with Crippen molar-refractivity contribution in [1.82, 2.24) is 9.78 Å². The third-order valence-corrected chi connectivity index (χ3v) is 4.98. The number of ether oxygens (including phenoxy) is 1. The zero-order valence-corrected chi connectivity index (χ0v) is 14.6. The predicted octanol–water partition coefficient (Wildman–Crippen LogP) is 3.78. The lowest BCUT2D eigenvalue weighted by molar-refractivity contribution is -0.118. The molecule has 5 nitrogen and oxygen atoms in total. The molecule has 0 saturated carbocycles. The van der Waals surface area contributed by atoms with Crippen molar-refractivity contribution in [3.8, 4) is 11.4 Å². The van der Waals surface area contributed by atoms with Gasteiger partial charge in [-0.05, 0) is 24.3 Å². The number of benzene rings is 2. The van der Waals surface area contributed by atoms with Gasteiger partial charge in [0.15, 0.2) is 18.2 Å². The van der Waals surface area contributed by atoms with Gasteiger partial charge in [-0.15, -0.1) is 0 Å². The largest absolute Gasteiger partial charge is 0.481 e. The number of hydrogen-bond acceptors (Lipinski definition) is 4. The number of amides is 1. The fourth-order valence-corrected chi connectivity index (χ4v) is 3.81. The second kappa shape index (κ2) is 7.21. The van der Waals surface area contributed by atoms with E-state index >= 15 is 0 Å². The molecule has 26 heavy (non-hydrogen) atoms. The minimum absolute atomic E-state index is 0.0556. The average molecular weight is 369 g/mol. The third kappa shape index (κ3) is 3.30. The summed E-state index contributed by atoms with van der Waals surface area (Å²) in [6.45, 7) is -0.275. The molecule has 1 amide bonds. The molecule has 1 aliphatic heterocycles. The number of hydrogen-bond donors (Lipinski definition) is 1. The molecule has 0 aliphatic carbocycles. The second-order valence-electron chi connectivity index (χ2n) is 5.78. The summed E-state index contributed by atoms with van der Waals surface area (Å²) in [6, 6.07) is 15.6. The molecule has 132 valence electrons. The lowest BCUT2D eigenvalue weighted by Gasteiger charge is -2.12. The third-order valence-electron chi connectivity index (χ3n) is 4.01. The van der Waals surface area contributed by atoms with E-state index < -0.39 is 5.82 Å². The summed E-state index contributed by atoms with van der Waals surface area (Å²) in [7, 11) is 0. The van der Waals surface area contributed by atoms with E-state index in [0.29, 0.717) is 5.82 Å². The Morgan fingerprint density at radius 1 is 1.15 bits per heavy atom. The highest BCUT2D eigenvalue weighted by atomic mass is 32.2. The SMILES string of the molecule is O=C(COc1ccccc1F)Nc1c2c(nn1-c1ccccc1)CSC2. The Morgan fingerprint density at radius 2 is 1.92 bits per heavy atom. The van der Waals surface area contributed by atoms with Crippen molar-refractivity contribution in [2.75, 3.05) is 11.9 Å². The first kappa shape index (κ1) is 16.7. The van der Waals surface area contributed by atoms with E-state index in [9.17, 15) is 9.18 Å². The van der Waals surface area contributed by atoms with Gasteiger partial charge >= 0.3 is 0 Å². The number of thioether (sulfide) groups is 1. The molecule has 2 heterocycles. The number of aromatic nitrogens is 2. The highest BCUT2D eigenvalue weighted by molar-refractivity contribution is 7.98. The molecule has 0 atom stereocenters. The van der Waals surface area contributed by atoms with E-state index in [-0.39, 0.29) is 18.3 Å². The number of carbonyl (C=O) groups is 1. The quantitative estimate of drug-likeness (QED) is 0.744. The topological polar surface area (TPSA) is 56.1 Å². The van der Waals surface area contributed by atoms with Crippen molar-refractivity contribution >= 4 is 23.5 Å². The summed E-state index contributed by atoms with van der Waals surface area (Å²) in [5, 5.41) is 7.51. The number of para-hydroxylation sites is 2. The van der Waals surface area contributed by atoms with Crippen LogP contribution in [0.3, 0.4) is 0 Å². The Bertz CT molecular complexity index is 943. The second-order valence-corrected chi connectivity index (χ2v) is 6.77.